The van der Waals surface area contributed by atoms with E-state index in [1.165, 1.54) is 28.8 Å². The molecule has 1 aliphatic carbocycles. The van der Waals surface area contributed by atoms with Crippen LogP contribution in [0.1, 0.15) is 53.3 Å². The van der Waals surface area contributed by atoms with Crippen molar-refractivity contribution >= 4 is 41.3 Å². The number of guanidine groups is 1. The van der Waals surface area contributed by atoms with E-state index in [2.05, 4.69) is 51.8 Å². The number of halogens is 1. The number of aliphatic imine (C=N–C) groups is 1. The number of benzene rings is 1. The van der Waals surface area contributed by atoms with E-state index in [-0.39, 0.29) is 30.1 Å². The maximum atomic E-state index is 6.16. The fraction of sp³-hybridized carbons (Fsp3) is 0.524. The normalized spacial score (nSPS) is 16.2. The number of hydrogen-bond acceptors (Lipinski definition) is 4. The molecule has 1 unspecified atom stereocenters. The zero-order chi connectivity index (χ0) is 18.9. The lowest BCUT2D eigenvalue weighted by Gasteiger charge is -2.25. The minimum atomic E-state index is 0. The number of aryl methyl sites for hydroxylation is 2. The van der Waals surface area contributed by atoms with Gasteiger partial charge in [0.1, 0.15) is 5.01 Å². The van der Waals surface area contributed by atoms with Gasteiger partial charge in [0.15, 0.2) is 5.96 Å². The Morgan fingerprint density at radius 1 is 1.32 bits per heavy atom. The molecule has 7 heteroatoms. The summed E-state index contributed by atoms with van der Waals surface area (Å²) in [4.78, 5) is 10.0. The van der Waals surface area contributed by atoms with E-state index < -0.39 is 0 Å². The fourth-order valence-electron chi connectivity index (χ4n) is 3.36. The Bertz CT molecular complexity index is 750. The third-order valence-corrected chi connectivity index (χ3v) is 5.97. The van der Waals surface area contributed by atoms with Gasteiger partial charge in [-0.25, -0.2) is 4.98 Å². The predicted octanol–water partition coefficient (Wildman–Crippen LogP) is 4.47. The molecule has 28 heavy (non-hydrogen) atoms. The second-order valence-electron chi connectivity index (χ2n) is 6.73. The number of nitrogens with one attached hydrogen (secondary N) is 2. The van der Waals surface area contributed by atoms with Gasteiger partial charge in [0, 0.05) is 31.3 Å². The van der Waals surface area contributed by atoms with Crippen molar-refractivity contribution < 1.29 is 4.74 Å². The van der Waals surface area contributed by atoms with Gasteiger partial charge in [0.05, 0.1) is 12.6 Å². The minimum absolute atomic E-state index is 0. The summed E-state index contributed by atoms with van der Waals surface area (Å²) in [5.74, 6) is 0.811. The summed E-state index contributed by atoms with van der Waals surface area (Å²) in [6.45, 7) is 4.46. The van der Waals surface area contributed by atoms with Crippen molar-refractivity contribution in [3.8, 4) is 0 Å². The maximum absolute atomic E-state index is 6.16. The predicted molar refractivity (Wildman–Crippen MR) is 128 cm³/mol. The first-order chi connectivity index (χ1) is 13.3. The molecule has 0 aliphatic heterocycles. The van der Waals surface area contributed by atoms with E-state index >= 15 is 0 Å². The smallest absolute Gasteiger partial charge is 0.191 e. The van der Waals surface area contributed by atoms with E-state index in [0.29, 0.717) is 6.54 Å². The van der Waals surface area contributed by atoms with E-state index in [0.717, 1.165) is 43.4 Å². The molecule has 0 saturated carbocycles. The number of aromatic nitrogens is 1. The first-order valence-electron chi connectivity index (χ1n) is 9.87. The number of nitrogens with zero attached hydrogens (tertiary/aromatic N) is 2. The maximum Gasteiger partial charge on any atom is 0.191 e. The average molecular weight is 514 g/mol. The summed E-state index contributed by atoms with van der Waals surface area (Å²) in [6, 6.07) is 8.68. The molecule has 2 N–H and O–H groups in total. The highest BCUT2D eigenvalue weighted by Crippen LogP contribution is 2.32. The quantitative estimate of drug-likeness (QED) is 0.236. The van der Waals surface area contributed by atoms with Gasteiger partial charge in [0.25, 0.3) is 0 Å². The third-order valence-electron chi connectivity index (χ3n) is 4.83. The van der Waals surface area contributed by atoms with E-state index in [4.69, 9.17) is 4.74 Å². The van der Waals surface area contributed by atoms with Crippen LogP contribution < -0.4 is 10.6 Å². The largest absolute Gasteiger partial charge is 0.373 e. The van der Waals surface area contributed by atoms with E-state index in [1.54, 1.807) is 18.4 Å². The van der Waals surface area contributed by atoms with Crippen molar-refractivity contribution in [2.75, 3.05) is 20.2 Å². The monoisotopic (exact) mass is 514 g/mol. The number of fused-ring (bicyclic) bond motifs is 1. The molecule has 1 aromatic heterocycles. The van der Waals surface area contributed by atoms with Gasteiger partial charge in [-0.05, 0) is 43.2 Å². The zero-order valence-electron chi connectivity index (χ0n) is 16.7. The van der Waals surface area contributed by atoms with Crippen LogP contribution in [0, 0.1) is 0 Å². The van der Waals surface area contributed by atoms with Crippen molar-refractivity contribution in [1.82, 2.24) is 15.6 Å². The standard InChI is InChI=1S/C21H30N4OS.HI/c1-3-17-14-24-20(27-17)15-25-21(22-2)23-12-7-13-26-19-11-6-9-16-8-4-5-10-18(16)19;/h4-5,8,10,14,19H,3,6-7,9,11-13,15H2,1-2H3,(H2,22,23,25);1H. The highest BCUT2D eigenvalue weighted by Gasteiger charge is 2.19. The molecule has 2 aromatic rings. The molecule has 1 aromatic carbocycles. The molecule has 0 amide bonds. The van der Waals surface area contributed by atoms with Crippen LogP contribution in [0.5, 0.6) is 0 Å². The molecule has 0 spiro atoms. The van der Waals surface area contributed by atoms with Crippen molar-refractivity contribution in [3.05, 3.63) is 51.5 Å². The van der Waals surface area contributed by atoms with Gasteiger partial charge in [-0.3, -0.25) is 4.99 Å². The van der Waals surface area contributed by atoms with Crippen LogP contribution in [0.3, 0.4) is 0 Å². The summed E-state index contributed by atoms with van der Waals surface area (Å²) in [6.07, 6.45) is 7.72. The Hall–Kier alpha value is -1.19. The number of rotatable bonds is 8. The fourth-order valence-corrected chi connectivity index (χ4v) is 4.16. The summed E-state index contributed by atoms with van der Waals surface area (Å²) in [7, 11) is 1.80. The summed E-state index contributed by atoms with van der Waals surface area (Å²) < 4.78 is 6.16. The molecule has 0 bridgehead atoms. The first-order valence-corrected chi connectivity index (χ1v) is 10.7. The summed E-state index contributed by atoms with van der Waals surface area (Å²) >= 11 is 1.75. The van der Waals surface area contributed by atoms with Gasteiger partial charge < -0.3 is 15.4 Å². The molecule has 0 fully saturated rings. The van der Waals surface area contributed by atoms with Gasteiger partial charge in [-0.1, -0.05) is 31.2 Å². The Kier molecular flexibility index (Phi) is 10.2. The molecular weight excluding hydrogens is 483 g/mol. The Morgan fingerprint density at radius 3 is 2.96 bits per heavy atom. The van der Waals surface area contributed by atoms with Crippen LogP contribution in [0.2, 0.25) is 0 Å². The highest BCUT2D eigenvalue weighted by molar-refractivity contribution is 14.0. The van der Waals surface area contributed by atoms with Crippen LogP contribution in [-0.2, 0) is 24.1 Å². The van der Waals surface area contributed by atoms with E-state index in [1.807, 2.05) is 6.20 Å². The Balaban J connectivity index is 0.00000280. The topological polar surface area (TPSA) is 58.5 Å². The molecule has 5 nitrogen and oxygen atoms in total. The molecule has 0 radical (unpaired) electrons. The molecule has 1 aliphatic rings. The molecule has 154 valence electrons. The molecule has 1 heterocycles. The Labute approximate surface area is 189 Å². The van der Waals surface area contributed by atoms with Gasteiger partial charge in [0.2, 0.25) is 0 Å². The zero-order valence-corrected chi connectivity index (χ0v) is 19.9. The van der Waals surface area contributed by atoms with Gasteiger partial charge in [-0.15, -0.1) is 35.3 Å². The van der Waals surface area contributed by atoms with Gasteiger partial charge in [-0.2, -0.15) is 0 Å². The number of thiazole rings is 1. The van der Waals surface area contributed by atoms with Gasteiger partial charge >= 0.3 is 0 Å². The van der Waals surface area contributed by atoms with Crippen molar-refractivity contribution in [3.63, 3.8) is 0 Å². The van der Waals surface area contributed by atoms with Crippen molar-refractivity contribution in [2.24, 2.45) is 4.99 Å². The van der Waals surface area contributed by atoms with Crippen LogP contribution in [0.25, 0.3) is 0 Å². The highest BCUT2D eigenvalue weighted by atomic mass is 127. The number of hydrogen-bond donors (Lipinski definition) is 2. The average Bonchev–Trinajstić information content (AvgIpc) is 3.18. The molecule has 1 atom stereocenters. The molecular formula is C21H31IN4OS. The van der Waals surface area contributed by atoms with Crippen LogP contribution in [0.4, 0.5) is 0 Å². The van der Waals surface area contributed by atoms with Crippen LogP contribution in [-0.4, -0.2) is 31.1 Å². The Morgan fingerprint density at radius 2 is 2.18 bits per heavy atom. The van der Waals surface area contributed by atoms with Crippen LogP contribution in [0.15, 0.2) is 35.5 Å². The third kappa shape index (κ3) is 6.70. The minimum Gasteiger partial charge on any atom is -0.373 e. The number of ether oxygens (including phenoxy) is 1. The first kappa shape index (κ1) is 23.1. The molecule has 0 saturated heterocycles. The van der Waals surface area contributed by atoms with Crippen LogP contribution >= 0.6 is 35.3 Å². The van der Waals surface area contributed by atoms with E-state index in [9.17, 15) is 0 Å². The second kappa shape index (κ2) is 12.4. The summed E-state index contributed by atoms with van der Waals surface area (Å²) in [5, 5.41) is 7.77. The molecule has 3 rings (SSSR count). The SMILES string of the molecule is CCc1cnc(CNC(=NC)NCCCOC2CCCc3ccccc32)s1.I. The lowest BCUT2D eigenvalue weighted by atomic mass is 9.89. The lowest BCUT2D eigenvalue weighted by molar-refractivity contribution is 0.0398. The summed E-state index contributed by atoms with van der Waals surface area (Å²) in [5.41, 5.74) is 2.83. The lowest BCUT2D eigenvalue weighted by Crippen LogP contribution is -2.37. The van der Waals surface area contributed by atoms with Crippen molar-refractivity contribution in [1.29, 1.82) is 0 Å². The second-order valence-corrected chi connectivity index (χ2v) is 7.93. The van der Waals surface area contributed by atoms with Crippen molar-refractivity contribution in [2.45, 2.75) is 51.7 Å².